The quantitative estimate of drug-likeness (QED) is 0.789. The smallest absolute Gasteiger partial charge is 0.219 e. The van der Waals surface area contributed by atoms with Crippen LogP contribution in [0.4, 0.5) is 0 Å². The first-order chi connectivity index (χ1) is 10.6. The first kappa shape index (κ1) is 19.6. The third kappa shape index (κ3) is 7.61. The monoisotopic (exact) mass is 340 g/mol. The van der Waals surface area contributed by atoms with Crippen molar-refractivity contribution in [3.8, 4) is 0 Å². The molecular formula is C17H28N2O3S. The zero-order chi connectivity index (χ0) is 17.5. The molecule has 0 saturated carbocycles. The summed E-state index contributed by atoms with van der Waals surface area (Å²) in [5.41, 5.74) is 0.822. The Morgan fingerprint density at radius 1 is 1.17 bits per heavy atom. The van der Waals surface area contributed by atoms with E-state index in [2.05, 4.69) is 4.72 Å². The molecule has 1 aromatic carbocycles. The van der Waals surface area contributed by atoms with Gasteiger partial charge < -0.3 is 4.90 Å². The van der Waals surface area contributed by atoms with E-state index in [4.69, 9.17) is 0 Å². The number of hydrogen-bond acceptors (Lipinski definition) is 3. The summed E-state index contributed by atoms with van der Waals surface area (Å²) in [4.78, 5) is 13.3. The fraction of sp³-hybridized carbons (Fsp3) is 0.588. The Kier molecular flexibility index (Phi) is 7.22. The zero-order valence-corrected chi connectivity index (χ0v) is 15.3. The minimum Gasteiger partial charge on any atom is -0.337 e. The zero-order valence-electron chi connectivity index (χ0n) is 14.5. The van der Waals surface area contributed by atoms with E-state index in [0.29, 0.717) is 13.0 Å². The van der Waals surface area contributed by atoms with Gasteiger partial charge >= 0.3 is 0 Å². The molecule has 0 bridgehead atoms. The molecule has 1 rings (SSSR count). The van der Waals surface area contributed by atoms with Crippen LogP contribution in [0.2, 0.25) is 0 Å². The molecule has 0 fully saturated rings. The lowest BCUT2D eigenvalue weighted by Crippen LogP contribution is -2.48. The predicted molar refractivity (Wildman–Crippen MR) is 93.7 cm³/mol. The molecule has 23 heavy (non-hydrogen) atoms. The highest BCUT2D eigenvalue weighted by Crippen LogP contribution is 2.12. The van der Waals surface area contributed by atoms with E-state index in [1.165, 1.54) is 6.92 Å². The number of carbonyl (C=O) groups excluding carboxylic acids is 1. The van der Waals surface area contributed by atoms with Crippen LogP contribution in [0.25, 0.3) is 0 Å². The second kappa shape index (κ2) is 8.45. The SMILES string of the molecule is CC(=O)N(CCNS(=O)(=O)CCCc1ccccc1)C(C)(C)C. The number of nitrogens with zero attached hydrogens (tertiary/aromatic N) is 1. The van der Waals surface area contributed by atoms with Gasteiger partial charge in [0.25, 0.3) is 0 Å². The minimum atomic E-state index is -3.31. The van der Waals surface area contributed by atoms with Crippen molar-refractivity contribution in [3.63, 3.8) is 0 Å². The van der Waals surface area contributed by atoms with E-state index < -0.39 is 10.0 Å². The van der Waals surface area contributed by atoms with E-state index >= 15 is 0 Å². The third-order valence-corrected chi connectivity index (χ3v) is 5.04. The lowest BCUT2D eigenvalue weighted by molar-refractivity contribution is -0.133. The Morgan fingerprint density at radius 2 is 1.78 bits per heavy atom. The molecule has 0 aliphatic carbocycles. The molecule has 0 spiro atoms. The lowest BCUT2D eigenvalue weighted by Gasteiger charge is -2.35. The summed E-state index contributed by atoms with van der Waals surface area (Å²) >= 11 is 0. The summed E-state index contributed by atoms with van der Waals surface area (Å²) < 4.78 is 26.6. The van der Waals surface area contributed by atoms with Crippen LogP contribution in [-0.4, -0.2) is 43.6 Å². The predicted octanol–water partition coefficient (Wildman–Crippen LogP) is 2.19. The van der Waals surface area contributed by atoms with E-state index in [1.54, 1.807) is 4.90 Å². The molecule has 0 radical (unpaired) electrons. The van der Waals surface area contributed by atoms with Crippen molar-refractivity contribution in [1.82, 2.24) is 9.62 Å². The minimum absolute atomic E-state index is 0.0548. The highest BCUT2D eigenvalue weighted by Gasteiger charge is 2.23. The summed E-state index contributed by atoms with van der Waals surface area (Å²) in [6.45, 7) is 7.91. The van der Waals surface area contributed by atoms with Crippen LogP contribution >= 0.6 is 0 Å². The van der Waals surface area contributed by atoms with Gasteiger partial charge in [-0.1, -0.05) is 30.3 Å². The second-order valence-corrected chi connectivity index (χ2v) is 8.57. The molecule has 0 atom stereocenters. The van der Waals surface area contributed by atoms with Gasteiger partial charge in [-0.2, -0.15) is 0 Å². The van der Waals surface area contributed by atoms with Gasteiger partial charge in [0.05, 0.1) is 5.75 Å². The van der Waals surface area contributed by atoms with Crippen LogP contribution < -0.4 is 4.72 Å². The molecule has 1 N–H and O–H groups in total. The van der Waals surface area contributed by atoms with E-state index in [9.17, 15) is 13.2 Å². The first-order valence-corrected chi connectivity index (χ1v) is 9.56. The van der Waals surface area contributed by atoms with Gasteiger partial charge in [-0.25, -0.2) is 13.1 Å². The van der Waals surface area contributed by atoms with Crippen LogP contribution in [0.15, 0.2) is 30.3 Å². The highest BCUT2D eigenvalue weighted by atomic mass is 32.2. The fourth-order valence-corrected chi connectivity index (χ4v) is 3.53. The molecule has 1 aromatic rings. The van der Waals surface area contributed by atoms with Gasteiger partial charge in [-0.15, -0.1) is 0 Å². The van der Waals surface area contributed by atoms with E-state index in [0.717, 1.165) is 12.0 Å². The molecule has 0 aromatic heterocycles. The number of rotatable bonds is 8. The average molecular weight is 340 g/mol. The number of nitrogens with one attached hydrogen (secondary N) is 1. The Labute approximate surface area is 140 Å². The lowest BCUT2D eigenvalue weighted by atomic mass is 10.1. The van der Waals surface area contributed by atoms with Crippen LogP contribution in [0, 0.1) is 0 Å². The Hall–Kier alpha value is -1.40. The molecule has 5 nitrogen and oxygen atoms in total. The molecule has 0 heterocycles. The van der Waals surface area contributed by atoms with Crippen LogP contribution in [-0.2, 0) is 21.2 Å². The highest BCUT2D eigenvalue weighted by molar-refractivity contribution is 7.89. The molecule has 0 aliphatic rings. The average Bonchev–Trinajstić information content (AvgIpc) is 2.42. The molecule has 0 aliphatic heterocycles. The Morgan fingerprint density at radius 3 is 2.30 bits per heavy atom. The Balaban J connectivity index is 2.39. The van der Waals surface area contributed by atoms with Crippen LogP contribution in [0.3, 0.4) is 0 Å². The van der Waals surface area contributed by atoms with Crippen molar-refractivity contribution in [2.24, 2.45) is 0 Å². The number of carbonyl (C=O) groups is 1. The van der Waals surface area contributed by atoms with E-state index in [-0.39, 0.29) is 23.7 Å². The van der Waals surface area contributed by atoms with Gasteiger partial charge in [-0.05, 0) is 39.2 Å². The molecule has 1 amide bonds. The molecule has 0 unspecified atom stereocenters. The second-order valence-electron chi connectivity index (χ2n) is 6.64. The summed E-state index contributed by atoms with van der Waals surface area (Å²) in [6.07, 6.45) is 1.32. The van der Waals surface area contributed by atoms with Crippen molar-refractivity contribution in [2.45, 2.75) is 46.1 Å². The maximum absolute atomic E-state index is 12.0. The Bertz CT molecular complexity index is 592. The number of aryl methyl sites for hydroxylation is 1. The van der Waals surface area contributed by atoms with Gasteiger partial charge in [0.15, 0.2) is 0 Å². The molecule has 6 heteroatoms. The van der Waals surface area contributed by atoms with Gasteiger partial charge in [0.1, 0.15) is 0 Å². The molecular weight excluding hydrogens is 312 g/mol. The van der Waals surface area contributed by atoms with Crippen molar-refractivity contribution in [2.75, 3.05) is 18.8 Å². The number of hydrogen-bond donors (Lipinski definition) is 1. The first-order valence-electron chi connectivity index (χ1n) is 7.91. The number of benzene rings is 1. The van der Waals surface area contributed by atoms with E-state index in [1.807, 2.05) is 51.1 Å². The summed E-state index contributed by atoms with van der Waals surface area (Å²) in [6, 6.07) is 9.83. The number of amides is 1. The summed E-state index contributed by atoms with van der Waals surface area (Å²) in [5.74, 6) is 0.0399. The largest absolute Gasteiger partial charge is 0.337 e. The maximum atomic E-state index is 12.0. The van der Waals surface area contributed by atoms with Crippen molar-refractivity contribution >= 4 is 15.9 Å². The topological polar surface area (TPSA) is 66.5 Å². The molecule has 130 valence electrons. The third-order valence-electron chi connectivity index (χ3n) is 3.57. The van der Waals surface area contributed by atoms with Crippen molar-refractivity contribution in [1.29, 1.82) is 0 Å². The van der Waals surface area contributed by atoms with Crippen LogP contribution in [0.5, 0.6) is 0 Å². The maximum Gasteiger partial charge on any atom is 0.219 e. The standard InChI is InChI=1S/C17H28N2O3S/c1-15(20)19(17(2,3)4)13-12-18-23(21,22)14-8-11-16-9-6-5-7-10-16/h5-7,9-10,18H,8,11-14H2,1-4H3. The van der Waals surface area contributed by atoms with Gasteiger partial charge in [0, 0.05) is 25.6 Å². The van der Waals surface area contributed by atoms with Gasteiger partial charge in [0.2, 0.25) is 15.9 Å². The summed E-state index contributed by atoms with van der Waals surface area (Å²) in [5, 5.41) is 0. The summed E-state index contributed by atoms with van der Waals surface area (Å²) in [7, 11) is -3.31. The fourth-order valence-electron chi connectivity index (χ4n) is 2.46. The van der Waals surface area contributed by atoms with Crippen molar-refractivity contribution < 1.29 is 13.2 Å². The van der Waals surface area contributed by atoms with Crippen LogP contribution in [0.1, 0.15) is 39.7 Å². The van der Waals surface area contributed by atoms with Gasteiger partial charge in [-0.3, -0.25) is 4.79 Å². The van der Waals surface area contributed by atoms with Crippen molar-refractivity contribution in [3.05, 3.63) is 35.9 Å². The normalized spacial score (nSPS) is 12.2. The number of sulfonamides is 1. The molecule has 0 saturated heterocycles.